The largest absolute Gasteiger partial charge is 0.323 e. The van der Waals surface area contributed by atoms with Gasteiger partial charge >= 0.3 is 0 Å². The van der Waals surface area contributed by atoms with Crippen LogP contribution < -0.4 is 5.73 Å². The zero-order chi connectivity index (χ0) is 5.98. The summed E-state index contributed by atoms with van der Waals surface area (Å²) in [5.41, 5.74) is 6.48. The van der Waals surface area contributed by atoms with Crippen LogP contribution in [0.25, 0.3) is 0 Å². The fourth-order valence-corrected chi connectivity index (χ4v) is 1.07. The van der Waals surface area contributed by atoms with Crippen LogP contribution in [0.5, 0.6) is 0 Å². The first-order chi connectivity index (χ1) is 3.80. The minimum absolute atomic E-state index is 0.0845. The fraction of sp³-hybridized carbons (Fsp3) is 0.400. The van der Waals surface area contributed by atoms with E-state index < -0.39 is 0 Å². The van der Waals surface area contributed by atoms with Crippen molar-refractivity contribution in [3.8, 4) is 0 Å². The minimum Gasteiger partial charge on any atom is -0.323 e. The number of hydrogen-bond donors (Lipinski definition) is 1. The first-order valence-electron chi connectivity index (χ1n) is 2.46. The molecule has 0 radical (unpaired) electrons. The van der Waals surface area contributed by atoms with E-state index in [1.165, 1.54) is 11.5 Å². The summed E-state index contributed by atoms with van der Waals surface area (Å²) in [5, 5.41) is 1.93. The molecule has 1 aromatic rings. The molecule has 0 saturated heterocycles. The summed E-state index contributed by atoms with van der Waals surface area (Å²) < 4.78 is 4.03. The van der Waals surface area contributed by atoms with Crippen LogP contribution in [0.2, 0.25) is 0 Å². The van der Waals surface area contributed by atoms with Gasteiger partial charge in [-0.3, -0.25) is 0 Å². The van der Waals surface area contributed by atoms with Crippen molar-refractivity contribution < 1.29 is 0 Å². The molecular formula is C5H8N2S. The highest BCUT2D eigenvalue weighted by Gasteiger charge is 1.97. The van der Waals surface area contributed by atoms with Crippen LogP contribution in [0, 0.1) is 0 Å². The molecule has 0 aliphatic heterocycles. The molecule has 8 heavy (non-hydrogen) atoms. The zero-order valence-electron chi connectivity index (χ0n) is 4.66. The number of nitrogens with zero attached hydrogens (tertiary/aromatic N) is 1. The molecule has 0 aliphatic carbocycles. The van der Waals surface area contributed by atoms with Crippen LogP contribution in [0.3, 0.4) is 0 Å². The van der Waals surface area contributed by atoms with Crippen molar-refractivity contribution in [2.75, 3.05) is 0 Å². The van der Waals surface area contributed by atoms with Crippen molar-refractivity contribution >= 4 is 11.5 Å². The van der Waals surface area contributed by atoms with Crippen LogP contribution in [0.1, 0.15) is 18.7 Å². The summed E-state index contributed by atoms with van der Waals surface area (Å²) in [6.45, 7) is 1.93. The molecule has 0 unspecified atom stereocenters. The van der Waals surface area contributed by atoms with Crippen molar-refractivity contribution in [2.45, 2.75) is 13.0 Å². The summed E-state index contributed by atoms with van der Waals surface area (Å²) >= 11 is 1.44. The van der Waals surface area contributed by atoms with Crippen LogP contribution in [-0.2, 0) is 0 Å². The first kappa shape index (κ1) is 5.72. The molecule has 0 fully saturated rings. The molecule has 44 valence electrons. The molecule has 0 aromatic carbocycles. The Labute approximate surface area is 52.5 Å². The predicted octanol–water partition coefficient (Wildman–Crippen LogP) is 1.16. The van der Waals surface area contributed by atoms with E-state index in [0.29, 0.717) is 0 Å². The highest BCUT2D eigenvalue weighted by atomic mass is 32.1. The van der Waals surface area contributed by atoms with E-state index in [1.54, 1.807) is 0 Å². The van der Waals surface area contributed by atoms with Gasteiger partial charge in [0.25, 0.3) is 0 Å². The van der Waals surface area contributed by atoms with Crippen molar-refractivity contribution in [3.63, 3.8) is 0 Å². The molecule has 2 nitrogen and oxygen atoms in total. The molecule has 1 heterocycles. The maximum atomic E-state index is 5.50. The van der Waals surface area contributed by atoms with Gasteiger partial charge in [0.15, 0.2) is 0 Å². The molecule has 1 atom stereocenters. The van der Waals surface area contributed by atoms with Gasteiger partial charge in [-0.2, -0.15) is 4.37 Å². The second-order valence-electron chi connectivity index (χ2n) is 1.71. The Bertz CT molecular complexity index is 145. The van der Waals surface area contributed by atoms with E-state index in [-0.39, 0.29) is 6.04 Å². The third-order valence-corrected chi connectivity index (χ3v) is 1.50. The third-order valence-electron chi connectivity index (χ3n) is 0.924. The topological polar surface area (TPSA) is 38.9 Å². The SMILES string of the molecule is C[C@H](N)c1ccsn1. The van der Waals surface area contributed by atoms with Crippen molar-refractivity contribution in [1.29, 1.82) is 0 Å². The lowest BCUT2D eigenvalue weighted by Crippen LogP contribution is -2.04. The summed E-state index contributed by atoms with van der Waals surface area (Å²) in [7, 11) is 0. The Morgan fingerprint density at radius 3 is 2.88 bits per heavy atom. The smallest absolute Gasteiger partial charge is 0.0706 e. The van der Waals surface area contributed by atoms with Gasteiger partial charge in [0.2, 0.25) is 0 Å². The van der Waals surface area contributed by atoms with Crippen LogP contribution >= 0.6 is 11.5 Å². The number of nitrogens with two attached hydrogens (primary N) is 1. The monoisotopic (exact) mass is 128 g/mol. The maximum Gasteiger partial charge on any atom is 0.0706 e. The molecule has 0 aliphatic rings. The van der Waals surface area contributed by atoms with Crippen molar-refractivity contribution in [1.82, 2.24) is 4.37 Å². The van der Waals surface area contributed by atoms with Gasteiger partial charge in [0.05, 0.1) is 5.69 Å². The van der Waals surface area contributed by atoms with E-state index in [1.807, 2.05) is 18.4 Å². The van der Waals surface area contributed by atoms with Crippen molar-refractivity contribution in [3.05, 3.63) is 17.1 Å². The van der Waals surface area contributed by atoms with Crippen LogP contribution in [0.4, 0.5) is 0 Å². The van der Waals surface area contributed by atoms with Crippen molar-refractivity contribution in [2.24, 2.45) is 5.73 Å². The Kier molecular flexibility index (Phi) is 1.60. The van der Waals surface area contributed by atoms with Gasteiger partial charge in [-0.25, -0.2) is 0 Å². The molecule has 0 bridgehead atoms. The Hall–Kier alpha value is -0.410. The molecule has 0 amide bonds. The van der Waals surface area contributed by atoms with Crippen LogP contribution in [-0.4, -0.2) is 4.37 Å². The van der Waals surface area contributed by atoms with Gasteiger partial charge < -0.3 is 5.73 Å². The zero-order valence-corrected chi connectivity index (χ0v) is 5.48. The second kappa shape index (κ2) is 2.24. The molecule has 3 heteroatoms. The van der Waals surface area contributed by atoms with Gasteiger partial charge in [-0.1, -0.05) is 0 Å². The van der Waals surface area contributed by atoms with E-state index in [0.717, 1.165) is 5.69 Å². The fourth-order valence-electron chi connectivity index (χ4n) is 0.457. The number of hydrogen-bond acceptors (Lipinski definition) is 3. The summed E-state index contributed by atoms with van der Waals surface area (Å²) in [4.78, 5) is 0. The molecular weight excluding hydrogens is 120 g/mol. The Balaban J connectivity index is 2.77. The van der Waals surface area contributed by atoms with Gasteiger partial charge in [-0.05, 0) is 24.5 Å². The lowest BCUT2D eigenvalue weighted by atomic mass is 10.3. The first-order valence-corrected chi connectivity index (χ1v) is 3.30. The number of rotatable bonds is 1. The van der Waals surface area contributed by atoms with E-state index in [2.05, 4.69) is 4.37 Å². The van der Waals surface area contributed by atoms with E-state index >= 15 is 0 Å². The molecule has 1 rings (SSSR count). The highest BCUT2D eigenvalue weighted by Crippen LogP contribution is 2.06. The van der Waals surface area contributed by atoms with Gasteiger partial charge in [-0.15, -0.1) is 0 Å². The lowest BCUT2D eigenvalue weighted by Gasteiger charge is -1.95. The standard InChI is InChI=1S/C5H8N2S/c1-4(6)5-2-3-8-7-5/h2-4H,6H2,1H3/t4-/m0/s1. The third kappa shape index (κ3) is 1.05. The van der Waals surface area contributed by atoms with Gasteiger partial charge in [0.1, 0.15) is 0 Å². The minimum atomic E-state index is 0.0845. The molecule has 0 saturated carbocycles. The maximum absolute atomic E-state index is 5.50. The van der Waals surface area contributed by atoms with E-state index in [9.17, 15) is 0 Å². The highest BCUT2D eigenvalue weighted by molar-refractivity contribution is 7.03. The lowest BCUT2D eigenvalue weighted by molar-refractivity contribution is 0.796. The molecule has 0 spiro atoms. The average Bonchev–Trinajstić information content (AvgIpc) is 2.12. The molecule has 1 aromatic heterocycles. The quantitative estimate of drug-likeness (QED) is 0.616. The Morgan fingerprint density at radius 2 is 2.62 bits per heavy atom. The molecule has 2 N–H and O–H groups in total. The second-order valence-corrected chi connectivity index (χ2v) is 2.38. The van der Waals surface area contributed by atoms with Crippen LogP contribution in [0.15, 0.2) is 11.4 Å². The van der Waals surface area contributed by atoms with Gasteiger partial charge in [0, 0.05) is 11.4 Å². The summed E-state index contributed by atoms with van der Waals surface area (Å²) in [6, 6.07) is 2.02. The van der Waals surface area contributed by atoms with E-state index in [4.69, 9.17) is 5.73 Å². The summed E-state index contributed by atoms with van der Waals surface area (Å²) in [5.74, 6) is 0. The Morgan fingerprint density at radius 1 is 1.88 bits per heavy atom. The normalized spacial score (nSPS) is 13.8. The average molecular weight is 128 g/mol. The summed E-state index contributed by atoms with van der Waals surface area (Å²) in [6.07, 6.45) is 0. The number of aromatic nitrogens is 1. The predicted molar refractivity (Wildman–Crippen MR) is 34.7 cm³/mol.